The van der Waals surface area contributed by atoms with Gasteiger partial charge in [-0.25, -0.2) is 0 Å². The van der Waals surface area contributed by atoms with E-state index in [9.17, 15) is 4.79 Å². The average Bonchev–Trinajstić information content (AvgIpc) is 2.42. The van der Waals surface area contributed by atoms with Gasteiger partial charge >= 0.3 is 0 Å². The molecule has 0 aliphatic rings. The zero-order valence-electron chi connectivity index (χ0n) is 11.8. The number of pyridine rings is 1. The number of rotatable bonds is 4. The van der Waals surface area contributed by atoms with Crippen molar-refractivity contribution in [3.8, 4) is 0 Å². The molecule has 98 valence electrons. The predicted octanol–water partition coefficient (Wildman–Crippen LogP) is 3.20. The van der Waals surface area contributed by atoms with Crippen LogP contribution in [0, 0.1) is 0 Å². The van der Waals surface area contributed by atoms with E-state index in [0.717, 1.165) is 18.5 Å². The van der Waals surface area contributed by atoms with Crippen LogP contribution in [0.25, 0.3) is 0 Å². The average molecular weight is 238 g/mol. The lowest BCUT2D eigenvalue weighted by Crippen LogP contribution is -2.25. The van der Waals surface area contributed by atoms with Crippen LogP contribution in [0.4, 0.5) is 0 Å². The highest BCUT2D eigenvalue weighted by molar-refractivity contribution is 5.78. The molecule has 1 amide bonds. The molecule has 0 radical (unpaired) electrons. The molecule has 0 saturated heterocycles. The third-order valence-corrected chi connectivity index (χ3v) is 1.66. The van der Waals surface area contributed by atoms with Crippen LogP contribution in [0.3, 0.4) is 0 Å². The second-order valence-corrected chi connectivity index (χ2v) is 2.89. The molecular formula is C14H26N2O. The second kappa shape index (κ2) is 14.6. The van der Waals surface area contributed by atoms with Gasteiger partial charge in [-0.3, -0.25) is 9.78 Å². The third-order valence-electron chi connectivity index (χ3n) is 1.66. The molecule has 0 saturated carbocycles. The monoisotopic (exact) mass is 238 g/mol. The molecule has 3 nitrogen and oxygen atoms in total. The Morgan fingerprint density at radius 2 is 1.94 bits per heavy atom. The van der Waals surface area contributed by atoms with Crippen LogP contribution in [-0.2, 0) is 11.2 Å². The molecule has 1 heterocycles. The first kappa shape index (κ1) is 18.0. The third kappa shape index (κ3) is 10.9. The Hall–Kier alpha value is -1.38. The van der Waals surface area contributed by atoms with Crippen molar-refractivity contribution in [1.82, 2.24) is 10.3 Å². The van der Waals surface area contributed by atoms with E-state index in [2.05, 4.69) is 10.3 Å². The summed E-state index contributed by atoms with van der Waals surface area (Å²) in [5, 5.41) is 2.81. The molecular weight excluding hydrogens is 212 g/mol. The highest BCUT2D eigenvalue weighted by atomic mass is 16.1. The molecule has 0 atom stereocenters. The van der Waals surface area contributed by atoms with E-state index >= 15 is 0 Å². The summed E-state index contributed by atoms with van der Waals surface area (Å²) in [5.41, 5.74) is 0.955. The molecule has 0 aromatic carbocycles. The minimum Gasteiger partial charge on any atom is -0.356 e. The van der Waals surface area contributed by atoms with E-state index in [0.29, 0.717) is 6.42 Å². The van der Waals surface area contributed by atoms with Crippen molar-refractivity contribution in [2.75, 3.05) is 6.54 Å². The number of nitrogens with zero attached hydrogens (tertiary/aromatic N) is 1. The summed E-state index contributed by atoms with van der Waals surface area (Å²) >= 11 is 0. The predicted molar refractivity (Wildman–Crippen MR) is 73.9 cm³/mol. The van der Waals surface area contributed by atoms with Crippen molar-refractivity contribution in [3.05, 3.63) is 30.1 Å². The Morgan fingerprint density at radius 3 is 2.41 bits per heavy atom. The van der Waals surface area contributed by atoms with Gasteiger partial charge in [0.2, 0.25) is 5.91 Å². The zero-order valence-corrected chi connectivity index (χ0v) is 11.8. The molecule has 0 unspecified atom stereocenters. The topological polar surface area (TPSA) is 42.0 Å². The van der Waals surface area contributed by atoms with E-state index < -0.39 is 0 Å². The molecule has 0 fully saturated rings. The van der Waals surface area contributed by atoms with E-state index in [1.165, 1.54) is 0 Å². The van der Waals surface area contributed by atoms with Gasteiger partial charge in [0.05, 0.1) is 6.42 Å². The SMILES string of the molecule is CC.CC.CCCNC(=O)Cc1cccnc1. The number of hydrogen-bond acceptors (Lipinski definition) is 2. The molecule has 1 N–H and O–H groups in total. The summed E-state index contributed by atoms with van der Waals surface area (Å²) in [6.45, 7) is 10.8. The molecule has 0 aliphatic heterocycles. The van der Waals surface area contributed by atoms with Crippen LogP contribution < -0.4 is 5.32 Å². The summed E-state index contributed by atoms with van der Waals surface area (Å²) in [5.74, 6) is 0.0647. The number of aromatic nitrogens is 1. The Bertz CT molecular complexity index is 260. The highest BCUT2D eigenvalue weighted by Gasteiger charge is 2.00. The van der Waals surface area contributed by atoms with Gasteiger partial charge < -0.3 is 5.32 Å². The summed E-state index contributed by atoms with van der Waals surface area (Å²) in [6, 6.07) is 3.74. The van der Waals surface area contributed by atoms with E-state index in [4.69, 9.17) is 0 Å². The van der Waals surface area contributed by atoms with Gasteiger partial charge in [-0.15, -0.1) is 0 Å². The second-order valence-electron chi connectivity index (χ2n) is 2.89. The Labute approximate surface area is 106 Å². The van der Waals surface area contributed by atoms with Crippen LogP contribution >= 0.6 is 0 Å². The quantitative estimate of drug-likeness (QED) is 0.875. The number of nitrogens with one attached hydrogen (secondary N) is 1. The number of hydrogen-bond donors (Lipinski definition) is 1. The largest absolute Gasteiger partial charge is 0.356 e. The fraction of sp³-hybridized carbons (Fsp3) is 0.571. The number of carbonyl (C=O) groups excluding carboxylic acids is 1. The first-order chi connectivity index (χ1) is 8.33. The molecule has 3 heteroatoms. The fourth-order valence-corrected chi connectivity index (χ4v) is 1.02. The van der Waals surface area contributed by atoms with Crippen LogP contribution in [0.15, 0.2) is 24.5 Å². The first-order valence-corrected chi connectivity index (χ1v) is 6.48. The van der Waals surface area contributed by atoms with Gasteiger partial charge in [-0.1, -0.05) is 40.7 Å². The van der Waals surface area contributed by atoms with Crippen molar-refractivity contribution >= 4 is 5.91 Å². The molecule has 0 aliphatic carbocycles. The minimum atomic E-state index is 0.0647. The first-order valence-electron chi connectivity index (χ1n) is 6.48. The van der Waals surface area contributed by atoms with Crippen LogP contribution in [0.2, 0.25) is 0 Å². The number of amides is 1. The van der Waals surface area contributed by atoms with Crippen LogP contribution in [0.1, 0.15) is 46.6 Å². The molecule has 0 bridgehead atoms. The molecule has 1 aromatic rings. The van der Waals surface area contributed by atoms with Crippen molar-refractivity contribution in [1.29, 1.82) is 0 Å². The molecule has 1 rings (SSSR count). The zero-order chi connectivity index (χ0) is 13.5. The van der Waals surface area contributed by atoms with Gasteiger partial charge in [-0.05, 0) is 18.1 Å². The van der Waals surface area contributed by atoms with Gasteiger partial charge in [-0.2, -0.15) is 0 Å². The Balaban J connectivity index is 0. The highest BCUT2D eigenvalue weighted by Crippen LogP contribution is 1.96. The van der Waals surface area contributed by atoms with Crippen LogP contribution in [0.5, 0.6) is 0 Å². The van der Waals surface area contributed by atoms with Crippen LogP contribution in [-0.4, -0.2) is 17.4 Å². The summed E-state index contributed by atoms with van der Waals surface area (Å²) in [6.07, 6.45) is 4.81. The maximum Gasteiger partial charge on any atom is 0.224 e. The molecule has 1 aromatic heterocycles. The molecule has 17 heavy (non-hydrogen) atoms. The van der Waals surface area contributed by atoms with Crippen molar-refractivity contribution in [2.45, 2.75) is 47.5 Å². The lowest BCUT2D eigenvalue weighted by Gasteiger charge is -2.02. The normalized spacial score (nSPS) is 8.06. The number of carbonyl (C=O) groups is 1. The van der Waals surface area contributed by atoms with Crippen molar-refractivity contribution in [3.63, 3.8) is 0 Å². The maximum atomic E-state index is 11.2. The maximum absolute atomic E-state index is 11.2. The molecule has 0 spiro atoms. The summed E-state index contributed by atoms with van der Waals surface area (Å²) in [4.78, 5) is 15.2. The lowest BCUT2D eigenvalue weighted by atomic mass is 10.2. The van der Waals surface area contributed by atoms with Gasteiger partial charge in [0, 0.05) is 18.9 Å². The fourth-order valence-electron chi connectivity index (χ4n) is 1.02. The smallest absolute Gasteiger partial charge is 0.224 e. The van der Waals surface area contributed by atoms with Gasteiger partial charge in [0.25, 0.3) is 0 Å². The minimum absolute atomic E-state index is 0.0647. The Kier molecular flexibility index (Phi) is 15.5. The summed E-state index contributed by atoms with van der Waals surface area (Å²) in [7, 11) is 0. The van der Waals surface area contributed by atoms with E-state index in [1.54, 1.807) is 12.4 Å². The van der Waals surface area contributed by atoms with E-state index in [1.807, 2.05) is 46.8 Å². The van der Waals surface area contributed by atoms with Crippen molar-refractivity contribution < 1.29 is 4.79 Å². The lowest BCUT2D eigenvalue weighted by molar-refractivity contribution is -0.120. The summed E-state index contributed by atoms with van der Waals surface area (Å²) < 4.78 is 0. The Morgan fingerprint density at radius 1 is 1.29 bits per heavy atom. The van der Waals surface area contributed by atoms with Gasteiger partial charge in [0.1, 0.15) is 0 Å². The standard InChI is InChI=1S/C10H14N2O.2C2H6/c1-2-5-12-10(13)7-9-4-3-6-11-8-9;2*1-2/h3-4,6,8H,2,5,7H2,1H3,(H,12,13);2*1-2H3. The van der Waals surface area contributed by atoms with E-state index in [-0.39, 0.29) is 5.91 Å². The van der Waals surface area contributed by atoms with Crippen molar-refractivity contribution in [2.24, 2.45) is 0 Å². The van der Waals surface area contributed by atoms with Gasteiger partial charge in [0.15, 0.2) is 0 Å².